The van der Waals surface area contributed by atoms with Crippen molar-refractivity contribution in [3.63, 3.8) is 0 Å². The molecule has 0 heterocycles. The average molecular weight is 410 g/mol. The molecule has 0 amide bonds. The van der Waals surface area contributed by atoms with Crippen LogP contribution in [0.1, 0.15) is 50.1 Å². The van der Waals surface area contributed by atoms with E-state index in [1.807, 2.05) is 0 Å². The molecule has 0 saturated carbocycles. The first-order valence-electron chi connectivity index (χ1n) is 9.46. The van der Waals surface area contributed by atoms with E-state index in [9.17, 15) is 0 Å². The van der Waals surface area contributed by atoms with E-state index in [1.165, 1.54) is 50.1 Å². The van der Waals surface area contributed by atoms with Crippen LogP contribution in [0.3, 0.4) is 0 Å². The molecule has 0 N–H and O–H groups in total. The molecule has 0 aliphatic carbocycles. The van der Waals surface area contributed by atoms with Crippen molar-refractivity contribution in [3.05, 3.63) is 105 Å². The van der Waals surface area contributed by atoms with Crippen molar-refractivity contribution in [3.8, 4) is 0 Å². The van der Waals surface area contributed by atoms with E-state index in [2.05, 4.69) is 117 Å². The molecule has 0 unspecified atom stereocenters. The van der Waals surface area contributed by atoms with Crippen LogP contribution in [0.25, 0.3) is 0 Å². The minimum absolute atomic E-state index is 0. The Morgan fingerprint density at radius 1 is 0.357 bits per heavy atom. The Bertz CT molecular complexity index is 606. The zero-order chi connectivity index (χ0) is 20.6. The van der Waals surface area contributed by atoms with Gasteiger partial charge in [-0.1, -0.05) is 62.3 Å². The number of hydrogen-bond donors (Lipinski definition) is 0. The van der Waals surface area contributed by atoms with E-state index < -0.39 is 0 Å². The summed E-state index contributed by atoms with van der Waals surface area (Å²) >= 11 is 0. The molecule has 0 nitrogen and oxygen atoms in total. The SMILES string of the molecule is Cc1[c-]c(C)cc(C)c1.Cc1[c-]c(C)cc(C)c1.Cc1[c-]c(C)cc(C)c1.[Cr+3]. The molecule has 0 fully saturated rings. The Morgan fingerprint density at radius 2 is 0.500 bits per heavy atom. The zero-order valence-corrected chi connectivity index (χ0v) is 20.1. The smallest absolute Gasteiger partial charge is 0.177 e. The third-order valence-corrected chi connectivity index (χ3v) is 3.85. The largest absolute Gasteiger partial charge is 3.00 e. The fraction of sp³-hybridized carbons (Fsp3) is 0.333. The van der Waals surface area contributed by atoms with Crippen molar-refractivity contribution in [2.24, 2.45) is 0 Å². The van der Waals surface area contributed by atoms with Crippen LogP contribution in [0.2, 0.25) is 0 Å². The van der Waals surface area contributed by atoms with Crippen LogP contribution >= 0.6 is 0 Å². The van der Waals surface area contributed by atoms with Crippen molar-refractivity contribution >= 4 is 0 Å². The van der Waals surface area contributed by atoms with Crippen molar-refractivity contribution < 1.29 is 17.4 Å². The predicted octanol–water partition coefficient (Wildman–Crippen LogP) is 7.23. The van der Waals surface area contributed by atoms with Gasteiger partial charge in [0.05, 0.1) is 0 Å². The summed E-state index contributed by atoms with van der Waals surface area (Å²) in [6, 6.07) is 22.4. The fourth-order valence-electron chi connectivity index (χ4n) is 3.32. The van der Waals surface area contributed by atoms with Gasteiger partial charge in [-0.05, 0) is 0 Å². The van der Waals surface area contributed by atoms with E-state index in [4.69, 9.17) is 0 Å². The molecule has 3 aromatic rings. The second kappa shape index (κ2) is 12.6. The van der Waals surface area contributed by atoms with Crippen molar-refractivity contribution in [2.75, 3.05) is 0 Å². The standard InChI is InChI=1S/3C9H11.Cr/c3*1-7-4-8(2)6-9(3)5-7;/h3*4-5H,1-3H3;/q3*-1;+3. The van der Waals surface area contributed by atoms with Crippen LogP contribution in [0.4, 0.5) is 0 Å². The third kappa shape index (κ3) is 11.1. The molecule has 1 heteroatoms. The van der Waals surface area contributed by atoms with Gasteiger partial charge in [0.1, 0.15) is 0 Å². The summed E-state index contributed by atoms with van der Waals surface area (Å²) < 4.78 is 0. The maximum atomic E-state index is 3.21. The molecule has 0 atom stereocenters. The summed E-state index contributed by atoms with van der Waals surface area (Å²) in [6.07, 6.45) is 0. The molecule has 0 saturated heterocycles. The van der Waals surface area contributed by atoms with Gasteiger partial charge < -0.3 is 0 Å². The van der Waals surface area contributed by atoms with Crippen molar-refractivity contribution in [2.45, 2.75) is 62.3 Å². The van der Waals surface area contributed by atoms with E-state index >= 15 is 0 Å². The van der Waals surface area contributed by atoms with E-state index in [1.54, 1.807) is 0 Å². The van der Waals surface area contributed by atoms with Gasteiger partial charge in [0.15, 0.2) is 0 Å². The molecule has 0 aromatic heterocycles. The third-order valence-electron chi connectivity index (χ3n) is 3.85. The molecular formula is C27H33Cr. The van der Waals surface area contributed by atoms with Gasteiger partial charge in [0, 0.05) is 0 Å². The first-order chi connectivity index (χ1) is 12.5. The zero-order valence-electron chi connectivity index (χ0n) is 18.9. The Morgan fingerprint density at radius 3 is 0.607 bits per heavy atom. The maximum absolute atomic E-state index is 3.21. The van der Waals surface area contributed by atoms with Crippen LogP contribution in [-0.4, -0.2) is 0 Å². The first kappa shape index (κ1) is 26.2. The van der Waals surface area contributed by atoms with Gasteiger partial charge in [0.25, 0.3) is 0 Å². The van der Waals surface area contributed by atoms with E-state index in [0.29, 0.717) is 0 Å². The average Bonchev–Trinajstić information content (AvgIpc) is 2.43. The topological polar surface area (TPSA) is 0 Å². The van der Waals surface area contributed by atoms with E-state index in [0.717, 1.165) is 0 Å². The van der Waals surface area contributed by atoms with Crippen LogP contribution < -0.4 is 0 Å². The Hall–Kier alpha value is -1.81. The van der Waals surface area contributed by atoms with E-state index in [-0.39, 0.29) is 17.4 Å². The summed E-state index contributed by atoms with van der Waals surface area (Å²) in [7, 11) is 0. The van der Waals surface area contributed by atoms with Gasteiger partial charge in [-0.3, -0.25) is 0 Å². The Kier molecular flexibility index (Phi) is 11.8. The summed E-state index contributed by atoms with van der Waals surface area (Å²) in [5.74, 6) is 0. The van der Waals surface area contributed by atoms with Gasteiger partial charge in [-0.25, -0.2) is 0 Å². The molecule has 3 aromatic carbocycles. The molecule has 3 rings (SSSR count). The minimum Gasteiger partial charge on any atom is -0.177 e. The maximum Gasteiger partial charge on any atom is 3.00 e. The van der Waals surface area contributed by atoms with Gasteiger partial charge in [-0.15, -0.1) is 0 Å². The molecular weight excluding hydrogens is 376 g/mol. The first-order valence-corrected chi connectivity index (χ1v) is 9.46. The quantitative estimate of drug-likeness (QED) is 0.343. The summed E-state index contributed by atoms with van der Waals surface area (Å²) in [5.41, 5.74) is 11.3. The van der Waals surface area contributed by atoms with Gasteiger partial charge >= 0.3 is 17.4 Å². The van der Waals surface area contributed by atoms with Crippen LogP contribution in [0.15, 0.2) is 36.4 Å². The molecule has 1 radical (unpaired) electrons. The molecule has 0 aliphatic rings. The molecule has 0 aliphatic heterocycles. The van der Waals surface area contributed by atoms with Crippen molar-refractivity contribution in [1.29, 1.82) is 0 Å². The predicted molar refractivity (Wildman–Crippen MR) is 118 cm³/mol. The molecule has 0 bridgehead atoms. The summed E-state index contributed by atoms with van der Waals surface area (Å²) in [6.45, 7) is 18.7. The number of aryl methyl sites for hydroxylation is 9. The Balaban J connectivity index is 0.000000384. The van der Waals surface area contributed by atoms with Crippen LogP contribution in [-0.2, 0) is 17.4 Å². The summed E-state index contributed by atoms with van der Waals surface area (Å²) in [4.78, 5) is 0. The molecule has 147 valence electrons. The van der Waals surface area contributed by atoms with Crippen LogP contribution in [0.5, 0.6) is 0 Å². The van der Waals surface area contributed by atoms with Gasteiger partial charge in [0.2, 0.25) is 0 Å². The fourth-order valence-corrected chi connectivity index (χ4v) is 3.32. The number of rotatable bonds is 0. The number of hydrogen-bond acceptors (Lipinski definition) is 0. The minimum atomic E-state index is 0. The second-order valence-corrected chi connectivity index (χ2v) is 7.57. The Labute approximate surface area is 184 Å². The number of benzene rings is 3. The monoisotopic (exact) mass is 409 g/mol. The second-order valence-electron chi connectivity index (χ2n) is 7.57. The normalized spacial score (nSPS) is 9.32. The summed E-state index contributed by atoms with van der Waals surface area (Å²) in [5, 5.41) is 0. The molecule has 28 heavy (non-hydrogen) atoms. The van der Waals surface area contributed by atoms with Crippen LogP contribution in [0, 0.1) is 80.5 Å². The molecule has 0 spiro atoms. The van der Waals surface area contributed by atoms with Crippen molar-refractivity contribution in [1.82, 2.24) is 0 Å². The van der Waals surface area contributed by atoms with Gasteiger partial charge in [-0.2, -0.15) is 105 Å².